The highest BCUT2D eigenvalue weighted by Gasteiger charge is 2.20. The van der Waals surface area contributed by atoms with Gasteiger partial charge in [-0.05, 0) is 55.3 Å². The molecule has 1 aliphatic rings. The normalized spacial score (nSPS) is 14.6. The van der Waals surface area contributed by atoms with Crippen LogP contribution >= 0.6 is 0 Å². The van der Waals surface area contributed by atoms with Gasteiger partial charge in [0.25, 0.3) is 5.56 Å². The van der Waals surface area contributed by atoms with Crippen LogP contribution in [-0.4, -0.2) is 19.1 Å². The SMILES string of the molecule is O=c1ccc2cnc(Nc3ccc(-n4cccc4)cc3)nc2n1C1CCCC1. The lowest BCUT2D eigenvalue weighted by Gasteiger charge is -2.16. The molecule has 0 spiro atoms. The number of rotatable bonds is 4. The maximum absolute atomic E-state index is 12.5. The molecule has 3 aromatic heterocycles. The number of aromatic nitrogens is 4. The molecule has 0 aliphatic heterocycles. The minimum absolute atomic E-state index is 0.0140. The van der Waals surface area contributed by atoms with E-state index in [1.165, 1.54) is 0 Å². The van der Waals surface area contributed by atoms with Gasteiger partial charge in [-0.2, -0.15) is 4.98 Å². The molecule has 6 nitrogen and oxygen atoms in total. The quantitative estimate of drug-likeness (QED) is 0.576. The summed E-state index contributed by atoms with van der Waals surface area (Å²) in [6, 6.07) is 15.7. The fourth-order valence-electron chi connectivity index (χ4n) is 3.97. The first-order valence-corrected chi connectivity index (χ1v) is 9.67. The van der Waals surface area contributed by atoms with Gasteiger partial charge in [0.15, 0.2) is 0 Å². The Kier molecular flexibility index (Phi) is 4.16. The molecule has 3 heterocycles. The second-order valence-corrected chi connectivity index (χ2v) is 7.21. The molecule has 0 atom stereocenters. The Morgan fingerprint density at radius 3 is 2.46 bits per heavy atom. The number of anilines is 2. The lowest BCUT2D eigenvalue weighted by molar-refractivity contribution is 0.516. The Morgan fingerprint density at radius 1 is 0.964 bits per heavy atom. The van der Waals surface area contributed by atoms with E-state index in [0.29, 0.717) is 11.6 Å². The lowest BCUT2D eigenvalue weighted by Crippen LogP contribution is -2.23. The molecule has 28 heavy (non-hydrogen) atoms. The molecule has 0 radical (unpaired) electrons. The summed E-state index contributed by atoms with van der Waals surface area (Å²) in [5, 5.41) is 4.15. The first-order chi connectivity index (χ1) is 13.8. The maximum Gasteiger partial charge on any atom is 0.252 e. The topological polar surface area (TPSA) is 64.7 Å². The Hall–Kier alpha value is -3.41. The highest BCUT2D eigenvalue weighted by molar-refractivity contribution is 5.75. The van der Waals surface area contributed by atoms with Crippen molar-refractivity contribution in [3.05, 3.63) is 77.5 Å². The third-order valence-electron chi connectivity index (χ3n) is 5.38. The highest BCUT2D eigenvalue weighted by Crippen LogP contribution is 2.30. The number of fused-ring (bicyclic) bond motifs is 1. The monoisotopic (exact) mass is 371 g/mol. The van der Waals surface area contributed by atoms with Crippen molar-refractivity contribution in [2.45, 2.75) is 31.7 Å². The van der Waals surface area contributed by atoms with E-state index in [-0.39, 0.29) is 11.6 Å². The van der Waals surface area contributed by atoms with Crippen molar-refractivity contribution in [2.24, 2.45) is 0 Å². The Bertz CT molecular complexity index is 1160. The van der Waals surface area contributed by atoms with Gasteiger partial charge in [0.2, 0.25) is 5.95 Å². The molecule has 4 aromatic rings. The van der Waals surface area contributed by atoms with E-state index in [9.17, 15) is 4.79 Å². The fourth-order valence-corrected chi connectivity index (χ4v) is 3.97. The van der Waals surface area contributed by atoms with E-state index in [1.807, 2.05) is 53.4 Å². The van der Waals surface area contributed by atoms with E-state index < -0.39 is 0 Å². The molecule has 140 valence electrons. The molecule has 0 bridgehead atoms. The van der Waals surface area contributed by atoms with Crippen molar-refractivity contribution < 1.29 is 0 Å². The van der Waals surface area contributed by atoms with E-state index in [4.69, 9.17) is 0 Å². The van der Waals surface area contributed by atoms with Crippen LogP contribution in [0.1, 0.15) is 31.7 Å². The number of benzene rings is 1. The van der Waals surface area contributed by atoms with Crippen molar-refractivity contribution in [1.29, 1.82) is 0 Å². The summed E-state index contributed by atoms with van der Waals surface area (Å²) in [7, 11) is 0. The van der Waals surface area contributed by atoms with Crippen molar-refractivity contribution >= 4 is 22.7 Å². The first kappa shape index (κ1) is 16.7. The number of hydrogen-bond acceptors (Lipinski definition) is 4. The summed E-state index contributed by atoms with van der Waals surface area (Å²) < 4.78 is 3.90. The van der Waals surface area contributed by atoms with Crippen molar-refractivity contribution in [3.8, 4) is 5.69 Å². The highest BCUT2D eigenvalue weighted by atomic mass is 16.1. The van der Waals surface area contributed by atoms with Crippen LogP contribution in [0.25, 0.3) is 16.7 Å². The van der Waals surface area contributed by atoms with Crippen molar-refractivity contribution in [2.75, 3.05) is 5.32 Å². The van der Waals surface area contributed by atoms with E-state index in [1.54, 1.807) is 18.3 Å². The number of nitrogens with one attached hydrogen (secondary N) is 1. The summed E-state index contributed by atoms with van der Waals surface area (Å²) in [4.78, 5) is 21.6. The van der Waals surface area contributed by atoms with Crippen LogP contribution in [0.4, 0.5) is 11.6 Å². The van der Waals surface area contributed by atoms with Gasteiger partial charge in [-0.3, -0.25) is 9.36 Å². The molecule has 0 saturated heterocycles. The molecular weight excluding hydrogens is 350 g/mol. The van der Waals surface area contributed by atoms with Gasteiger partial charge in [0.1, 0.15) is 5.65 Å². The third-order valence-corrected chi connectivity index (χ3v) is 5.38. The van der Waals surface area contributed by atoms with Crippen molar-refractivity contribution in [1.82, 2.24) is 19.1 Å². The largest absolute Gasteiger partial charge is 0.324 e. The molecule has 1 aliphatic carbocycles. The second kappa shape index (κ2) is 6.96. The summed E-state index contributed by atoms with van der Waals surface area (Å²) >= 11 is 0. The molecule has 0 amide bonds. The molecular formula is C22H21N5O. The zero-order chi connectivity index (χ0) is 18.9. The van der Waals surface area contributed by atoms with Crippen LogP contribution in [0, 0.1) is 0 Å². The van der Waals surface area contributed by atoms with E-state index >= 15 is 0 Å². The Balaban J connectivity index is 1.48. The van der Waals surface area contributed by atoms with E-state index in [0.717, 1.165) is 42.4 Å². The average Bonchev–Trinajstić information content (AvgIpc) is 3.43. The first-order valence-electron chi connectivity index (χ1n) is 9.67. The average molecular weight is 371 g/mol. The molecule has 5 rings (SSSR count). The minimum Gasteiger partial charge on any atom is -0.324 e. The Morgan fingerprint density at radius 2 is 1.71 bits per heavy atom. The van der Waals surface area contributed by atoms with Crippen LogP contribution in [0.2, 0.25) is 0 Å². The summed E-state index contributed by atoms with van der Waals surface area (Å²) in [5.41, 5.74) is 2.71. The molecule has 6 heteroatoms. The second-order valence-electron chi connectivity index (χ2n) is 7.21. The predicted molar refractivity (Wildman–Crippen MR) is 110 cm³/mol. The van der Waals surface area contributed by atoms with Crippen LogP contribution in [0.3, 0.4) is 0 Å². The lowest BCUT2D eigenvalue weighted by atomic mass is 10.2. The summed E-state index contributed by atoms with van der Waals surface area (Å²) in [6.45, 7) is 0. The molecule has 1 saturated carbocycles. The van der Waals surface area contributed by atoms with Crippen LogP contribution < -0.4 is 10.9 Å². The maximum atomic E-state index is 12.5. The fraction of sp³-hybridized carbons (Fsp3) is 0.227. The van der Waals surface area contributed by atoms with Gasteiger partial charge < -0.3 is 9.88 Å². The minimum atomic E-state index is 0.0140. The molecule has 0 unspecified atom stereocenters. The molecule has 1 N–H and O–H groups in total. The van der Waals surface area contributed by atoms with Gasteiger partial charge in [-0.25, -0.2) is 4.98 Å². The number of nitrogens with zero attached hydrogens (tertiary/aromatic N) is 4. The number of hydrogen-bond donors (Lipinski definition) is 1. The molecule has 1 fully saturated rings. The van der Waals surface area contributed by atoms with Crippen LogP contribution in [0.5, 0.6) is 0 Å². The zero-order valence-corrected chi connectivity index (χ0v) is 15.5. The van der Waals surface area contributed by atoms with Gasteiger partial charge in [-0.15, -0.1) is 0 Å². The predicted octanol–water partition coefficient (Wildman–Crippen LogP) is 4.44. The van der Waals surface area contributed by atoms with E-state index in [2.05, 4.69) is 19.9 Å². The van der Waals surface area contributed by atoms with Crippen molar-refractivity contribution in [3.63, 3.8) is 0 Å². The number of pyridine rings is 1. The zero-order valence-electron chi connectivity index (χ0n) is 15.5. The van der Waals surface area contributed by atoms with Gasteiger partial charge in [-0.1, -0.05) is 12.8 Å². The van der Waals surface area contributed by atoms with Crippen LogP contribution in [-0.2, 0) is 0 Å². The third kappa shape index (κ3) is 3.07. The standard InChI is InChI=1S/C22H21N5O/c28-20-12-7-16-15-23-22(25-21(16)27(20)19-5-1-2-6-19)24-17-8-10-18(11-9-17)26-13-3-4-14-26/h3-4,7-15,19H,1-2,5-6H2,(H,23,24,25). The van der Waals surface area contributed by atoms with Gasteiger partial charge in [0, 0.05) is 47.5 Å². The summed E-state index contributed by atoms with van der Waals surface area (Å²) in [5.74, 6) is 0.499. The smallest absolute Gasteiger partial charge is 0.252 e. The molecule has 1 aromatic carbocycles. The summed E-state index contributed by atoms with van der Waals surface area (Å²) in [6.07, 6.45) is 10.2. The Labute approximate surface area is 162 Å². The van der Waals surface area contributed by atoms with Gasteiger partial charge >= 0.3 is 0 Å². The van der Waals surface area contributed by atoms with Gasteiger partial charge in [0.05, 0.1) is 0 Å². The van der Waals surface area contributed by atoms with Crippen LogP contribution in [0.15, 0.2) is 71.9 Å².